The molecule has 0 radical (unpaired) electrons. The minimum Gasteiger partial charge on any atom is -0.315 e. The standard InChI is InChI=1S/C14H24N2O2S2/c1-4-5-14(6-7-14)10-16-20(17,18)13-8-11(2)12(19-13)9-15-3/h8,15-16H,4-7,9-10H2,1-3H3. The Balaban J connectivity index is 2.05. The molecule has 0 bridgehead atoms. The van der Waals surface area contributed by atoms with Gasteiger partial charge in [-0.15, -0.1) is 11.3 Å². The third kappa shape index (κ3) is 3.61. The Bertz CT molecular complexity index is 560. The van der Waals surface area contributed by atoms with Crippen LogP contribution in [0.2, 0.25) is 0 Å². The highest BCUT2D eigenvalue weighted by Gasteiger charge is 2.42. The lowest BCUT2D eigenvalue weighted by atomic mass is 10.0. The zero-order chi connectivity index (χ0) is 14.8. The van der Waals surface area contributed by atoms with Gasteiger partial charge in [-0.3, -0.25) is 0 Å². The number of nitrogens with one attached hydrogen (secondary N) is 2. The van der Waals surface area contributed by atoms with E-state index in [0.717, 1.165) is 36.1 Å². The van der Waals surface area contributed by atoms with Gasteiger partial charge in [0, 0.05) is 18.0 Å². The van der Waals surface area contributed by atoms with Gasteiger partial charge in [-0.2, -0.15) is 0 Å². The normalized spacial score (nSPS) is 17.4. The summed E-state index contributed by atoms with van der Waals surface area (Å²) in [5.41, 5.74) is 1.28. The minimum atomic E-state index is -3.35. The third-order valence-electron chi connectivity index (χ3n) is 3.97. The van der Waals surface area contributed by atoms with E-state index in [0.29, 0.717) is 17.3 Å². The van der Waals surface area contributed by atoms with Gasteiger partial charge < -0.3 is 5.32 Å². The van der Waals surface area contributed by atoms with Gasteiger partial charge in [-0.05, 0) is 50.3 Å². The zero-order valence-electron chi connectivity index (χ0n) is 12.5. The molecule has 1 aromatic heterocycles. The molecule has 0 aliphatic heterocycles. The first kappa shape index (κ1) is 15.9. The summed E-state index contributed by atoms with van der Waals surface area (Å²) in [6.07, 6.45) is 4.53. The maximum atomic E-state index is 12.4. The summed E-state index contributed by atoms with van der Waals surface area (Å²) in [6.45, 7) is 5.41. The summed E-state index contributed by atoms with van der Waals surface area (Å²) in [7, 11) is -1.48. The van der Waals surface area contributed by atoms with Gasteiger partial charge in [0.15, 0.2) is 0 Å². The van der Waals surface area contributed by atoms with Crippen LogP contribution in [0.5, 0.6) is 0 Å². The first-order chi connectivity index (χ1) is 9.42. The predicted molar refractivity (Wildman–Crippen MR) is 83.6 cm³/mol. The van der Waals surface area contributed by atoms with Crippen molar-refractivity contribution < 1.29 is 8.42 Å². The van der Waals surface area contributed by atoms with Crippen molar-refractivity contribution in [2.75, 3.05) is 13.6 Å². The van der Waals surface area contributed by atoms with Crippen LogP contribution in [-0.2, 0) is 16.6 Å². The number of rotatable bonds is 8. The molecule has 4 nitrogen and oxygen atoms in total. The average Bonchev–Trinajstić information content (AvgIpc) is 3.06. The first-order valence-electron chi connectivity index (χ1n) is 7.16. The Morgan fingerprint density at radius 1 is 1.40 bits per heavy atom. The molecule has 1 heterocycles. The van der Waals surface area contributed by atoms with Gasteiger partial charge in [0.1, 0.15) is 4.21 Å². The fourth-order valence-electron chi connectivity index (χ4n) is 2.50. The maximum absolute atomic E-state index is 12.4. The SMILES string of the molecule is CCCC1(CNS(=O)(=O)c2cc(C)c(CNC)s2)CC1. The quantitative estimate of drug-likeness (QED) is 0.775. The molecular weight excluding hydrogens is 292 g/mol. The van der Waals surface area contributed by atoms with E-state index >= 15 is 0 Å². The molecule has 6 heteroatoms. The number of thiophene rings is 1. The Hall–Kier alpha value is -0.430. The van der Waals surface area contributed by atoms with Crippen LogP contribution < -0.4 is 10.0 Å². The van der Waals surface area contributed by atoms with E-state index in [4.69, 9.17) is 0 Å². The summed E-state index contributed by atoms with van der Waals surface area (Å²) in [5, 5.41) is 3.07. The topological polar surface area (TPSA) is 58.2 Å². The molecule has 20 heavy (non-hydrogen) atoms. The van der Waals surface area contributed by atoms with Crippen molar-refractivity contribution >= 4 is 21.4 Å². The van der Waals surface area contributed by atoms with Crippen molar-refractivity contribution in [3.8, 4) is 0 Å². The molecule has 0 amide bonds. The van der Waals surface area contributed by atoms with E-state index in [2.05, 4.69) is 17.0 Å². The molecule has 1 aromatic rings. The van der Waals surface area contributed by atoms with Crippen molar-refractivity contribution in [1.82, 2.24) is 10.0 Å². The molecule has 1 aliphatic carbocycles. The molecule has 0 aromatic carbocycles. The number of aryl methyl sites for hydroxylation is 1. The Morgan fingerprint density at radius 3 is 2.65 bits per heavy atom. The molecule has 0 saturated heterocycles. The largest absolute Gasteiger partial charge is 0.315 e. The van der Waals surface area contributed by atoms with Crippen molar-refractivity contribution in [2.24, 2.45) is 5.41 Å². The van der Waals surface area contributed by atoms with E-state index < -0.39 is 10.0 Å². The Morgan fingerprint density at radius 2 is 2.10 bits per heavy atom. The number of sulfonamides is 1. The molecule has 0 spiro atoms. The third-order valence-corrected chi connectivity index (χ3v) is 7.09. The van der Waals surface area contributed by atoms with E-state index in [-0.39, 0.29) is 5.41 Å². The highest BCUT2D eigenvalue weighted by atomic mass is 32.2. The van der Waals surface area contributed by atoms with Crippen LogP contribution in [0.4, 0.5) is 0 Å². The Labute approximate surface area is 126 Å². The lowest BCUT2D eigenvalue weighted by Gasteiger charge is -2.14. The first-order valence-corrected chi connectivity index (χ1v) is 9.46. The van der Waals surface area contributed by atoms with E-state index in [1.165, 1.54) is 11.3 Å². The molecule has 1 saturated carbocycles. The van der Waals surface area contributed by atoms with Gasteiger partial charge in [-0.1, -0.05) is 13.3 Å². The van der Waals surface area contributed by atoms with Crippen molar-refractivity contribution in [2.45, 2.75) is 50.3 Å². The van der Waals surface area contributed by atoms with Crippen LogP contribution >= 0.6 is 11.3 Å². The van der Waals surface area contributed by atoms with Gasteiger partial charge in [0.2, 0.25) is 10.0 Å². The lowest BCUT2D eigenvalue weighted by molar-refractivity contribution is 0.449. The molecular formula is C14H24N2O2S2. The molecule has 0 unspecified atom stereocenters. The smallest absolute Gasteiger partial charge is 0.250 e. The van der Waals surface area contributed by atoms with Crippen LogP contribution in [0.3, 0.4) is 0 Å². The molecule has 1 fully saturated rings. The Kier molecular flexibility index (Phi) is 4.89. The van der Waals surface area contributed by atoms with E-state index in [1.54, 1.807) is 6.07 Å². The maximum Gasteiger partial charge on any atom is 0.250 e. The van der Waals surface area contributed by atoms with Gasteiger partial charge in [-0.25, -0.2) is 13.1 Å². The lowest BCUT2D eigenvalue weighted by Crippen LogP contribution is -2.29. The molecule has 2 N–H and O–H groups in total. The summed E-state index contributed by atoms with van der Waals surface area (Å²) < 4.78 is 28.0. The van der Waals surface area contributed by atoms with Gasteiger partial charge >= 0.3 is 0 Å². The fraction of sp³-hybridized carbons (Fsp3) is 0.714. The van der Waals surface area contributed by atoms with Crippen molar-refractivity contribution in [3.63, 3.8) is 0 Å². The van der Waals surface area contributed by atoms with Crippen LogP contribution in [0.25, 0.3) is 0 Å². The van der Waals surface area contributed by atoms with E-state index in [1.807, 2.05) is 14.0 Å². The summed E-state index contributed by atoms with van der Waals surface area (Å²) >= 11 is 1.36. The van der Waals surface area contributed by atoms with E-state index in [9.17, 15) is 8.42 Å². The second-order valence-electron chi connectivity index (χ2n) is 5.78. The second kappa shape index (κ2) is 6.13. The molecule has 1 aliphatic rings. The van der Waals surface area contributed by atoms with Crippen LogP contribution in [0.15, 0.2) is 10.3 Å². The highest BCUT2D eigenvalue weighted by molar-refractivity contribution is 7.91. The van der Waals surface area contributed by atoms with Crippen LogP contribution in [0, 0.1) is 12.3 Å². The monoisotopic (exact) mass is 316 g/mol. The molecule has 2 rings (SSSR count). The van der Waals surface area contributed by atoms with Gasteiger partial charge in [0.05, 0.1) is 0 Å². The van der Waals surface area contributed by atoms with Crippen LogP contribution in [-0.4, -0.2) is 22.0 Å². The molecule has 114 valence electrons. The summed E-state index contributed by atoms with van der Waals surface area (Å²) in [5.74, 6) is 0. The fourth-order valence-corrected chi connectivity index (χ4v) is 5.30. The van der Waals surface area contributed by atoms with Crippen molar-refractivity contribution in [3.05, 3.63) is 16.5 Å². The molecule has 0 atom stereocenters. The van der Waals surface area contributed by atoms with Crippen LogP contribution in [0.1, 0.15) is 43.0 Å². The summed E-state index contributed by atoms with van der Waals surface area (Å²) in [6, 6.07) is 1.78. The minimum absolute atomic E-state index is 0.238. The second-order valence-corrected chi connectivity index (χ2v) is 8.91. The highest BCUT2D eigenvalue weighted by Crippen LogP contribution is 2.49. The van der Waals surface area contributed by atoms with Gasteiger partial charge in [0.25, 0.3) is 0 Å². The zero-order valence-corrected chi connectivity index (χ0v) is 14.1. The van der Waals surface area contributed by atoms with Crippen molar-refractivity contribution in [1.29, 1.82) is 0 Å². The predicted octanol–water partition coefficient (Wildman–Crippen LogP) is 2.63. The number of hydrogen-bond acceptors (Lipinski definition) is 4. The number of hydrogen-bond donors (Lipinski definition) is 2. The average molecular weight is 316 g/mol. The summed E-state index contributed by atoms with van der Waals surface area (Å²) in [4.78, 5) is 1.09.